The zero-order chi connectivity index (χ0) is 11.4. The average Bonchev–Trinajstić information content (AvgIpc) is 2.76. The Balaban J connectivity index is 1.95. The highest BCUT2D eigenvalue weighted by Crippen LogP contribution is 2.13. The van der Waals surface area contributed by atoms with Crippen LogP contribution in [0.15, 0.2) is 36.9 Å². The minimum Gasteiger partial charge on any atom is -0.486 e. The van der Waals surface area contributed by atoms with Crippen molar-refractivity contribution in [2.45, 2.75) is 26.5 Å². The van der Waals surface area contributed by atoms with E-state index in [4.69, 9.17) is 4.74 Å². The molecule has 2 heterocycles. The lowest BCUT2D eigenvalue weighted by Gasteiger charge is -2.04. The normalized spacial score (nSPS) is 10.7. The molecule has 0 aromatic carbocycles. The Kier molecular flexibility index (Phi) is 3.19. The van der Waals surface area contributed by atoms with E-state index in [1.807, 2.05) is 23.0 Å². The lowest BCUT2D eigenvalue weighted by atomic mass is 10.3. The van der Waals surface area contributed by atoms with Crippen molar-refractivity contribution in [1.29, 1.82) is 0 Å². The maximum Gasteiger partial charge on any atom is 0.157 e. The van der Waals surface area contributed by atoms with Crippen molar-refractivity contribution in [3.05, 3.63) is 42.5 Å². The van der Waals surface area contributed by atoms with Crippen LogP contribution in [0.25, 0.3) is 0 Å². The van der Waals surface area contributed by atoms with Gasteiger partial charge in [0, 0.05) is 24.0 Å². The lowest BCUT2D eigenvalue weighted by molar-refractivity contribution is 0.305. The molecular weight excluding hydrogens is 202 g/mol. The van der Waals surface area contributed by atoms with Crippen molar-refractivity contribution in [2.75, 3.05) is 0 Å². The molecule has 4 heteroatoms. The summed E-state index contributed by atoms with van der Waals surface area (Å²) in [5, 5.41) is 4.20. The van der Waals surface area contributed by atoms with Crippen LogP contribution in [0.3, 0.4) is 0 Å². The minimum atomic E-state index is 0.357. The Morgan fingerprint density at radius 2 is 2.25 bits per heavy atom. The van der Waals surface area contributed by atoms with E-state index in [9.17, 15) is 0 Å². The fourth-order valence-electron chi connectivity index (χ4n) is 1.33. The van der Waals surface area contributed by atoms with Crippen LogP contribution in [0.1, 0.15) is 25.5 Å². The molecule has 0 unspecified atom stereocenters. The topological polar surface area (TPSA) is 39.9 Å². The van der Waals surface area contributed by atoms with Crippen LogP contribution in [0.5, 0.6) is 5.75 Å². The van der Waals surface area contributed by atoms with E-state index in [0.717, 1.165) is 11.3 Å². The molecule has 0 saturated heterocycles. The summed E-state index contributed by atoms with van der Waals surface area (Å²) in [6, 6.07) is 4.24. The van der Waals surface area contributed by atoms with Gasteiger partial charge in [-0.25, -0.2) is 0 Å². The minimum absolute atomic E-state index is 0.357. The van der Waals surface area contributed by atoms with Gasteiger partial charge in [0.2, 0.25) is 0 Å². The summed E-state index contributed by atoms with van der Waals surface area (Å²) in [5.74, 6) is 0.789. The molecule has 0 N–H and O–H groups in total. The number of ether oxygens (including phenoxy) is 1. The maximum atomic E-state index is 5.60. The number of aromatic nitrogens is 3. The highest BCUT2D eigenvalue weighted by Gasteiger charge is 2.02. The molecule has 16 heavy (non-hydrogen) atoms. The van der Waals surface area contributed by atoms with Crippen LogP contribution in [0, 0.1) is 0 Å². The highest BCUT2D eigenvalue weighted by molar-refractivity contribution is 5.14. The van der Waals surface area contributed by atoms with Gasteiger partial charge in [-0.2, -0.15) is 5.10 Å². The first-order valence-electron chi connectivity index (χ1n) is 5.31. The molecule has 2 aromatic rings. The van der Waals surface area contributed by atoms with Gasteiger partial charge in [0.25, 0.3) is 0 Å². The van der Waals surface area contributed by atoms with Gasteiger partial charge in [-0.05, 0) is 19.9 Å². The molecule has 0 aliphatic rings. The summed E-state index contributed by atoms with van der Waals surface area (Å²) in [6.07, 6.45) is 7.19. The number of nitrogens with zero attached hydrogens (tertiary/aromatic N) is 3. The van der Waals surface area contributed by atoms with Gasteiger partial charge < -0.3 is 4.74 Å². The van der Waals surface area contributed by atoms with E-state index in [1.165, 1.54) is 0 Å². The highest BCUT2D eigenvalue weighted by atomic mass is 16.5. The largest absolute Gasteiger partial charge is 0.486 e. The maximum absolute atomic E-state index is 5.60. The van der Waals surface area contributed by atoms with E-state index < -0.39 is 0 Å². The quantitative estimate of drug-likeness (QED) is 0.789. The molecule has 0 fully saturated rings. The van der Waals surface area contributed by atoms with Crippen LogP contribution in [-0.4, -0.2) is 14.8 Å². The standard InChI is InChI=1S/C12H15N3O/c1-10(2)15-8-12(7-14-15)16-9-11-4-3-5-13-6-11/h3-8,10H,9H2,1-2H3. The van der Waals surface area contributed by atoms with Crippen LogP contribution in [0.4, 0.5) is 0 Å². The predicted molar refractivity (Wildman–Crippen MR) is 61.2 cm³/mol. The fourth-order valence-corrected chi connectivity index (χ4v) is 1.33. The molecule has 0 radical (unpaired) electrons. The van der Waals surface area contributed by atoms with Crippen molar-refractivity contribution < 1.29 is 4.74 Å². The average molecular weight is 217 g/mol. The molecule has 0 bridgehead atoms. The lowest BCUT2D eigenvalue weighted by Crippen LogP contribution is -2.00. The summed E-state index contributed by atoms with van der Waals surface area (Å²) in [5.41, 5.74) is 1.06. The van der Waals surface area contributed by atoms with Crippen LogP contribution < -0.4 is 4.74 Å². The first-order valence-corrected chi connectivity index (χ1v) is 5.31. The molecular formula is C12H15N3O. The predicted octanol–water partition coefficient (Wildman–Crippen LogP) is 2.44. The molecule has 0 saturated carbocycles. The first-order chi connectivity index (χ1) is 7.75. The third kappa shape index (κ3) is 2.59. The van der Waals surface area contributed by atoms with Crippen LogP contribution in [-0.2, 0) is 6.61 Å². The summed E-state index contributed by atoms with van der Waals surface area (Å²) >= 11 is 0. The summed E-state index contributed by atoms with van der Waals surface area (Å²) < 4.78 is 7.47. The molecule has 4 nitrogen and oxygen atoms in total. The second-order valence-electron chi connectivity index (χ2n) is 3.90. The molecule has 2 aromatic heterocycles. The Bertz CT molecular complexity index is 437. The van der Waals surface area contributed by atoms with E-state index in [-0.39, 0.29) is 0 Å². The molecule has 0 spiro atoms. The Morgan fingerprint density at radius 3 is 2.88 bits per heavy atom. The van der Waals surface area contributed by atoms with E-state index >= 15 is 0 Å². The van der Waals surface area contributed by atoms with Crippen molar-refractivity contribution >= 4 is 0 Å². The van der Waals surface area contributed by atoms with Gasteiger partial charge in [-0.15, -0.1) is 0 Å². The molecule has 0 atom stereocenters. The molecule has 0 aliphatic carbocycles. The van der Waals surface area contributed by atoms with Gasteiger partial charge in [0.05, 0.1) is 12.4 Å². The number of rotatable bonds is 4. The van der Waals surface area contributed by atoms with Gasteiger partial charge in [-0.1, -0.05) is 6.07 Å². The Morgan fingerprint density at radius 1 is 1.38 bits per heavy atom. The number of hydrogen-bond donors (Lipinski definition) is 0. The van der Waals surface area contributed by atoms with E-state index in [0.29, 0.717) is 12.6 Å². The first kappa shape index (κ1) is 10.7. The number of hydrogen-bond acceptors (Lipinski definition) is 3. The van der Waals surface area contributed by atoms with Gasteiger partial charge >= 0.3 is 0 Å². The summed E-state index contributed by atoms with van der Waals surface area (Å²) in [4.78, 5) is 4.03. The van der Waals surface area contributed by atoms with Crippen LogP contribution >= 0.6 is 0 Å². The van der Waals surface area contributed by atoms with Crippen molar-refractivity contribution in [3.63, 3.8) is 0 Å². The summed E-state index contributed by atoms with van der Waals surface area (Å²) in [6.45, 7) is 4.69. The molecule has 0 aliphatic heterocycles. The van der Waals surface area contributed by atoms with Crippen molar-refractivity contribution in [1.82, 2.24) is 14.8 Å². The monoisotopic (exact) mass is 217 g/mol. The second-order valence-corrected chi connectivity index (χ2v) is 3.90. The fraction of sp³-hybridized carbons (Fsp3) is 0.333. The van der Waals surface area contributed by atoms with Gasteiger partial charge in [0.15, 0.2) is 5.75 Å². The van der Waals surface area contributed by atoms with E-state index in [2.05, 4.69) is 23.9 Å². The zero-order valence-corrected chi connectivity index (χ0v) is 9.50. The zero-order valence-electron chi connectivity index (χ0n) is 9.50. The van der Waals surface area contributed by atoms with Crippen LogP contribution in [0.2, 0.25) is 0 Å². The SMILES string of the molecule is CC(C)n1cc(OCc2cccnc2)cn1. The summed E-state index contributed by atoms with van der Waals surface area (Å²) in [7, 11) is 0. The molecule has 84 valence electrons. The second kappa shape index (κ2) is 4.79. The molecule has 2 rings (SSSR count). The van der Waals surface area contributed by atoms with Crippen molar-refractivity contribution in [2.24, 2.45) is 0 Å². The third-order valence-corrected chi connectivity index (χ3v) is 2.24. The van der Waals surface area contributed by atoms with Crippen molar-refractivity contribution in [3.8, 4) is 5.75 Å². The molecule has 0 amide bonds. The van der Waals surface area contributed by atoms with E-state index in [1.54, 1.807) is 18.6 Å². The van der Waals surface area contributed by atoms with Gasteiger partial charge in [0.1, 0.15) is 6.61 Å². The number of pyridine rings is 1. The van der Waals surface area contributed by atoms with Gasteiger partial charge in [-0.3, -0.25) is 9.67 Å². The Labute approximate surface area is 94.9 Å². The third-order valence-electron chi connectivity index (χ3n) is 2.24. The Hall–Kier alpha value is -1.84. The smallest absolute Gasteiger partial charge is 0.157 e.